The molecule has 0 bridgehead atoms. The van der Waals surface area contributed by atoms with Gasteiger partial charge in [0.25, 0.3) is 0 Å². The Kier molecular flexibility index (Phi) is 3.79. The molecule has 17 heavy (non-hydrogen) atoms. The van der Waals surface area contributed by atoms with Crippen LogP contribution in [0.2, 0.25) is 5.02 Å². The standard InChI is InChI=1S/C13H18ClNO2/c1-3-9-10(8(2)4-5-15)6-11(14)13-12(9)16-7-17-13/h6,8H,3-5,7,15H2,1-2H3. The number of halogens is 1. The monoisotopic (exact) mass is 255 g/mol. The van der Waals surface area contributed by atoms with E-state index in [0.29, 0.717) is 23.2 Å². The molecule has 0 spiro atoms. The molecular formula is C13H18ClNO2. The lowest BCUT2D eigenvalue weighted by Crippen LogP contribution is -2.07. The maximum absolute atomic E-state index is 6.21. The smallest absolute Gasteiger partial charge is 0.231 e. The van der Waals surface area contributed by atoms with Crippen LogP contribution in [0.1, 0.15) is 37.3 Å². The first-order valence-electron chi connectivity index (χ1n) is 6.00. The van der Waals surface area contributed by atoms with Gasteiger partial charge in [0.15, 0.2) is 11.5 Å². The minimum absolute atomic E-state index is 0.261. The van der Waals surface area contributed by atoms with Crippen LogP contribution in [0.3, 0.4) is 0 Å². The molecular weight excluding hydrogens is 238 g/mol. The van der Waals surface area contributed by atoms with Crippen molar-refractivity contribution < 1.29 is 9.47 Å². The maximum Gasteiger partial charge on any atom is 0.231 e. The van der Waals surface area contributed by atoms with Crippen LogP contribution in [0, 0.1) is 0 Å². The third-order valence-corrected chi connectivity index (χ3v) is 3.50. The Morgan fingerprint density at radius 3 is 2.76 bits per heavy atom. The zero-order valence-corrected chi connectivity index (χ0v) is 11.0. The normalized spacial score (nSPS) is 15.1. The van der Waals surface area contributed by atoms with Gasteiger partial charge >= 0.3 is 0 Å². The van der Waals surface area contributed by atoms with Crippen molar-refractivity contribution >= 4 is 11.6 Å². The molecule has 1 heterocycles. The Balaban J connectivity index is 2.48. The number of nitrogens with two attached hydrogens (primary N) is 1. The van der Waals surface area contributed by atoms with Crippen molar-refractivity contribution in [3.63, 3.8) is 0 Å². The van der Waals surface area contributed by atoms with Gasteiger partial charge < -0.3 is 15.2 Å². The fraction of sp³-hybridized carbons (Fsp3) is 0.538. The molecule has 0 saturated carbocycles. The quantitative estimate of drug-likeness (QED) is 0.899. The van der Waals surface area contributed by atoms with E-state index in [2.05, 4.69) is 13.8 Å². The Bertz CT molecular complexity index is 420. The number of benzene rings is 1. The van der Waals surface area contributed by atoms with E-state index in [9.17, 15) is 0 Å². The number of fused-ring (bicyclic) bond motifs is 1. The summed E-state index contributed by atoms with van der Waals surface area (Å²) >= 11 is 6.21. The fourth-order valence-electron chi connectivity index (χ4n) is 2.31. The highest BCUT2D eigenvalue weighted by Crippen LogP contribution is 2.45. The van der Waals surface area contributed by atoms with E-state index in [1.165, 1.54) is 11.1 Å². The molecule has 1 aromatic rings. The number of hydrogen-bond donors (Lipinski definition) is 1. The minimum atomic E-state index is 0.261. The molecule has 0 fully saturated rings. The van der Waals surface area contributed by atoms with E-state index in [1.54, 1.807) is 0 Å². The summed E-state index contributed by atoms with van der Waals surface area (Å²) in [6.07, 6.45) is 1.86. The summed E-state index contributed by atoms with van der Waals surface area (Å²) in [5.74, 6) is 1.90. The van der Waals surface area contributed by atoms with E-state index in [-0.39, 0.29) is 6.79 Å². The Hall–Kier alpha value is -0.930. The van der Waals surface area contributed by atoms with Crippen molar-refractivity contribution in [1.82, 2.24) is 0 Å². The maximum atomic E-state index is 6.21. The van der Waals surface area contributed by atoms with Crippen LogP contribution in [0.25, 0.3) is 0 Å². The second-order valence-electron chi connectivity index (χ2n) is 4.32. The van der Waals surface area contributed by atoms with Crippen molar-refractivity contribution in [1.29, 1.82) is 0 Å². The molecule has 1 aromatic carbocycles. The van der Waals surface area contributed by atoms with Crippen LogP contribution in [0.4, 0.5) is 0 Å². The fourth-order valence-corrected chi connectivity index (χ4v) is 2.57. The largest absolute Gasteiger partial charge is 0.453 e. The second kappa shape index (κ2) is 5.15. The lowest BCUT2D eigenvalue weighted by molar-refractivity contribution is 0.173. The van der Waals surface area contributed by atoms with Gasteiger partial charge in [0.2, 0.25) is 6.79 Å². The van der Waals surface area contributed by atoms with Gasteiger partial charge in [-0.05, 0) is 36.9 Å². The van der Waals surface area contributed by atoms with Gasteiger partial charge in [-0.3, -0.25) is 0 Å². The van der Waals surface area contributed by atoms with E-state index < -0.39 is 0 Å². The molecule has 0 radical (unpaired) electrons. The summed E-state index contributed by atoms with van der Waals surface area (Å²) in [5, 5.41) is 0.633. The highest BCUT2D eigenvalue weighted by atomic mass is 35.5. The van der Waals surface area contributed by atoms with Gasteiger partial charge in [0.1, 0.15) is 0 Å². The Morgan fingerprint density at radius 2 is 2.12 bits per heavy atom. The Morgan fingerprint density at radius 1 is 1.41 bits per heavy atom. The van der Waals surface area contributed by atoms with E-state index in [1.807, 2.05) is 6.07 Å². The molecule has 4 heteroatoms. The van der Waals surface area contributed by atoms with Crippen LogP contribution < -0.4 is 15.2 Å². The van der Waals surface area contributed by atoms with Crippen LogP contribution >= 0.6 is 11.6 Å². The lowest BCUT2D eigenvalue weighted by atomic mass is 9.91. The SMILES string of the molecule is CCc1c(C(C)CCN)cc(Cl)c2c1OCO2. The molecule has 94 valence electrons. The molecule has 0 amide bonds. The van der Waals surface area contributed by atoms with Crippen molar-refractivity contribution in [2.24, 2.45) is 5.73 Å². The highest BCUT2D eigenvalue weighted by molar-refractivity contribution is 6.32. The summed E-state index contributed by atoms with van der Waals surface area (Å²) in [7, 11) is 0. The van der Waals surface area contributed by atoms with Crippen molar-refractivity contribution in [3.8, 4) is 11.5 Å². The average molecular weight is 256 g/mol. The topological polar surface area (TPSA) is 44.5 Å². The van der Waals surface area contributed by atoms with Crippen LogP contribution in [-0.2, 0) is 6.42 Å². The first-order valence-corrected chi connectivity index (χ1v) is 6.37. The molecule has 1 unspecified atom stereocenters. The van der Waals surface area contributed by atoms with Gasteiger partial charge in [-0.15, -0.1) is 0 Å². The zero-order chi connectivity index (χ0) is 12.4. The molecule has 0 aromatic heterocycles. The van der Waals surface area contributed by atoms with Crippen LogP contribution in [-0.4, -0.2) is 13.3 Å². The van der Waals surface area contributed by atoms with Gasteiger partial charge in [-0.1, -0.05) is 25.4 Å². The van der Waals surface area contributed by atoms with Crippen molar-refractivity contribution in [2.45, 2.75) is 32.6 Å². The number of rotatable bonds is 4. The predicted molar refractivity (Wildman–Crippen MR) is 69.0 cm³/mol. The summed E-state index contributed by atoms with van der Waals surface area (Å²) in [6.45, 7) is 5.22. The number of hydrogen-bond acceptors (Lipinski definition) is 3. The predicted octanol–water partition coefficient (Wildman–Crippen LogP) is 3.08. The molecule has 1 aliphatic heterocycles. The summed E-state index contributed by atoms with van der Waals surface area (Å²) < 4.78 is 10.9. The first-order chi connectivity index (χ1) is 8.19. The molecule has 0 aliphatic carbocycles. The molecule has 2 rings (SSSR count). The van der Waals surface area contributed by atoms with Crippen molar-refractivity contribution in [2.75, 3.05) is 13.3 Å². The molecule has 1 atom stereocenters. The molecule has 0 saturated heterocycles. The molecule has 2 N–H and O–H groups in total. The minimum Gasteiger partial charge on any atom is -0.453 e. The molecule has 3 nitrogen and oxygen atoms in total. The lowest BCUT2D eigenvalue weighted by Gasteiger charge is -2.17. The van der Waals surface area contributed by atoms with Gasteiger partial charge in [0, 0.05) is 5.56 Å². The third kappa shape index (κ3) is 2.22. The first kappa shape index (κ1) is 12.5. The summed E-state index contributed by atoms with van der Waals surface area (Å²) in [4.78, 5) is 0. The van der Waals surface area contributed by atoms with Gasteiger partial charge in [0.05, 0.1) is 5.02 Å². The van der Waals surface area contributed by atoms with E-state index in [4.69, 9.17) is 26.8 Å². The molecule has 1 aliphatic rings. The second-order valence-corrected chi connectivity index (χ2v) is 4.73. The average Bonchev–Trinajstić information content (AvgIpc) is 2.78. The van der Waals surface area contributed by atoms with Gasteiger partial charge in [-0.2, -0.15) is 0 Å². The third-order valence-electron chi connectivity index (χ3n) is 3.22. The van der Waals surface area contributed by atoms with Crippen LogP contribution in [0.15, 0.2) is 6.07 Å². The zero-order valence-electron chi connectivity index (χ0n) is 10.3. The van der Waals surface area contributed by atoms with Crippen molar-refractivity contribution in [3.05, 3.63) is 22.2 Å². The number of ether oxygens (including phenoxy) is 2. The van der Waals surface area contributed by atoms with E-state index in [0.717, 1.165) is 18.6 Å². The summed E-state index contributed by atoms with van der Waals surface area (Å²) in [5.41, 5.74) is 8.05. The summed E-state index contributed by atoms with van der Waals surface area (Å²) in [6, 6.07) is 1.99. The van der Waals surface area contributed by atoms with E-state index >= 15 is 0 Å². The Labute approximate surface area is 107 Å². The van der Waals surface area contributed by atoms with Crippen LogP contribution in [0.5, 0.6) is 11.5 Å². The van der Waals surface area contributed by atoms with Gasteiger partial charge in [-0.25, -0.2) is 0 Å². The highest BCUT2D eigenvalue weighted by Gasteiger charge is 2.25.